The molecule has 1 heterocycles. The van der Waals surface area contributed by atoms with Crippen molar-refractivity contribution in [2.75, 3.05) is 0 Å². The van der Waals surface area contributed by atoms with Crippen molar-refractivity contribution < 1.29 is 39.2 Å². The van der Waals surface area contributed by atoms with Crippen molar-refractivity contribution in [3.05, 3.63) is 59.5 Å². The molecule has 4 nitrogen and oxygen atoms in total. The van der Waals surface area contributed by atoms with Crippen LogP contribution >= 0.6 is 0 Å². The Balaban J connectivity index is 1.94. The zero-order valence-electron chi connectivity index (χ0n) is 21.5. The third-order valence-corrected chi connectivity index (χ3v) is 8.74. The molecule has 2 aromatic carbocycles. The quantitative estimate of drug-likeness (QED) is 0.302. The molecule has 0 unspecified atom stereocenters. The van der Waals surface area contributed by atoms with Crippen LogP contribution in [0, 0.1) is 11.2 Å². The van der Waals surface area contributed by atoms with Crippen LogP contribution in [0.5, 0.6) is 0 Å². The number of nitrogens with one attached hydrogen (secondary N) is 1. The molecule has 214 valence electrons. The number of hydrogen-bond acceptors (Lipinski definition) is 2. The van der Waals surface area contributed by atoms with Crippen molar-refractivity contribution in [1.29, 1.82) is 0 Å². The molecule has 1 fully saturated rings. The van der Waals surface area contributed by atoms with Gasteiger partial charge in [0.1, 0.15) is 11.9 Å². The summed E-state index contributed by atoms with van der Waals surface area (Å²) in [6.45, 7) is 5.57. The van der Waals surface area contributed by atoms with Gasteiger partial charge >= 0.3 is 12.4 Å². The molecule has 1 aromatic heterocycles. The van der Waals surface area contributed by atoms with E-state index in [2.05, 4.69) is 0 Å². The highest BCUT2D eigenvalue weighted by Crippen LogP contribution is 2.43. The van der Waals surface area contributed by atoms with Crippen LogP contribution in [0.2, 0.25) is 0 Å². The van der Waals surface area contributed by atoms with Crippen LogP contribution in [0.4, 0.5) is 30.7 Å². The van der Waals surface area contributed by atoms with Gasteiger partial charge in [-0.3, -0.25) is 0 Å². The SMILES string of the molecule is CC(C)(C)Cn1cc([C@H](NS(=O)(=O)C2CCCC2)C(F)(F)F)c2cc(F)c(-c3ccccc3C(F)(F)F)cc21. The minimum Gasteiger partial charge on any atom is -0.347 e. The molecule has 0 saturated heterocycles. The van der Waals surface area contributed by atoms with E-state index in [1.807, 2.05) is 25.5 Å². The molecular formula is C27H29F7N2O2S. The lowest BCUT2D eigenvalue weighted by molar-refractivity contribution is -0.152. The number of fused-ring (bicyclic) bond motifs is 1. The van der Waals surface area contributed by atoms with E-state index in [1.165, 1.54) is 10.6 Å². The molecular weight excluding hydrogens is 549 g/mol. The second kappa shape index (κ2) is 10.1. The van der Waals surface area contributed by atoms with Gasteiger partial charge in [0.25, 0.3) is 0 Å². The summed E-state index contributed by atoms with van der Waals surface area (Å²) in [7, 11) is -4.37. The summed E-state index contributed by atoms with van der Waals surface area (Å²) in [5.41, 5.74) is -2.91. The average Bonchev–Trinajstić information content (AvgIpc) is 3.44. The Labute approximate surface area is 222 Å². The minimum atomic E-state index is -5.06. The Bertz CT molecular complexity index is 1460. The lowest BCUT2D eigenvalue weighted by Gasteiger charge is -2.23. The summed E-state index contributed by atoms with van der Waals surface area (Å²) in [6, 6.07) is 3.56. The smallest absolute Gasteiger partial charge is 0.347 e. The molecule has 1 aliphatic carbocycles. The van der Waals surface area contributed by atoms with E-state index in [0.717, 1.165) is 36.5 Å². The predicted molar refractivity (Wildman–Crippen MR) is 135 cm³/mol. The maximum Gasteiger partial charge on any atom is 0.417 e. The average molecular weight is 579 g/mol. The summed E-state index contributed by atoms with van der Waals surface area (Å²) in [5, 5.41) is -1.20. The van der Waals surface area contributed by atoms with Gasteiger partial charge in [-0.1, -0.05) is 51.8 Å². The third kappa shape index (κ3) is 6.26. The second-order valence-electron chi connectivity index (χ2n) is 11.2. The Morgan fingerprint density at radius 1 is 0.974 bits per heavy atom. The van der Waals surface area contributed by atoms with Gasteiger partial charge in [-0.25, -0.2) is 12.8 Å². The molecule has 0 spiro atoms. The zero-order chi connectivity index (χ0) is 29.0. The van der Waals surface area contributed by atoms with E-state index in [-0.39, 0.29) is 30.3 Å². The van der Waals surface area contributed by atoms with Crippen LogP contribution in [-0.2, 0) is 22.7 Å². The van der Waals surface area contributed by atoms with Gasteiger partial charge in [-0.05, 0) is 42.0 Å². The van der Waals surface area contributed by atoms with Crippen molar-refractivity contribution in [3.8, 4) is 11.1 Å². The Morgan fingerprint density at radius 2 is 1.59 bits per heavy atom. The van der Waals surface area contributed by atoms with Gasteiger partial charge in [0.2, 0.25) is 10.0 Å². The largest absolute Gasteiger partial charge is 0.417 e. The first-order valence-corrected chi connectivity index (χ1v) is 14.0. The number of benzene rings is 2. The Hall–Kier alpha value is -2.60. The highest BCUT2D eigenvalue weighted by atomic mass is 32.2. The van der Waals surface area contributed by atoms with Gasteiger partial charge in [0.15, 0.2) is 0 Å². The fraction of sp³-hybridized carbons (Fsp3) is 0.481. The molecule has 0 amide bonds. The molecule has 1 aliphatic rings. The highest BCUT2D eigenvalue weighted by molar-refractivity contribution is 7.90. The molecule has 1 N–H and O–H groups in total. The van der Waals surface area contributed by atoms with Gasteiger partial charge in [0, 0.05) is 34.8 Å². The zero-order valence-corrected chi connectivity index (χ0v) is 22.4. The molecule has 1 saturated carbocycles. The topological polar surface area (TPSA) is 51.1 Å². The first-order chi connectivity index (χ1) is 17.9. The van der Waals surface area contributed by atoms with Crippen molar-refractivity contribution in [2.24, 2.45) is 5.41 Å². The van der Waals surface area contributed by atoms with Crippen LogP contribution < -0.4 is 4.72 Å². The fourth-order valence-corrected chi connectivity index (χ4v) is 6.88. The van der Waals surface area contributed by atoms with Gasteiger partial charge in [-0.2, -0.15) is 31.1 Å². The maximum atomic E-state index is 15.4. The van der Waals surface area contributed by atoms with Gasteiger partial charge < -0.3 is 4.57 Å². The van der Waals surface area contributed by atoms with Crippen LogP contribution in [-0.4, -0.2) is 24.4 Å². The molecule has 0 radical (unpaired) electrons. The summed E-state index contributed by atoms with van der Waals surface area (Å²) < 4.78 is 129. The highest BCUT2D eigenvalue weighted by Gasteiger charge is 2.46. The van der Waals surface area contributed by atoms with Crippen LogP contribution in [0.15, 0.2) is 42.6 Å². The van der Waals surface area contributed by atoms with Crippen molar-refractivity contribution >= 4 is 20.9 Å². The maximum absolute atomic E-state index is 15.4. The second-order valence-corrected chi connectivity index (χ2v) is 13.2. The summed E-state index contributed by atoms with van der Waals surface area (Å²) in [5.74, 6) is -1.16. The Kier molecular flexibility index (Phi) is 7.61. The first kappa shape index (κ1) is 29.4. The molecule has 4 rings (SSSR count). The van der Waals surface area contributed by atoms with E-state index >= 15 is 4.39 Å². The van der Waals surface area contributed by atoms with Gasteiger partial charge in [-0.15, -0.1) is 0 Å². The van der Waals surface area contributed by atoms with E-state index in [1.54, 1.807) is 0 Å². The van der Waals surface area contributed by atoms with Gasteiger partial charge in [0.05, 0.1) is 10.8 Å². The number of aromatic nitrogens is 1. The molecule has 0 bridgehead atoms. The number of rotatable bonds is 6. The minimum absolute atomic E-state index is 0.0580. The molecule has 0 aliphatic heterocycles. The molecule has 12 heteroatoms. The summed E-state index contributed by atoms with van der Waals surface area (Å²) in [6.07, 6.45) is -7.10. The van der Waals surface area contributed by atoms with E-state index < -0.39 is 67.2 Å². The first-order valence-electron chi connectivity index (χ1n) is 12.5. The number of sulfonamides is 1. The molecule has 39 heavy (non-hydrogen) atoms. The van der Waals surface area contributed by atoms with Crippen molar-refractivity contribution in [2.45, 2.75) is 76.6 Å². The van der Waals surface area contributed by atoms with Crippen LogP contribution in [0.3, 0.4) is 0 Å². The van der Waals surface area contributed by atoms with Crippen molar-refractivity contribution in [3.63, 3.8) is 0 Å². The van der Waals surface area contributed by atoms with E-state index in [4.69, 9.17) is 0 Å². The summed E-state index contributed by atoms with van der Waals surface area (Å²) in [4.78, 5) is 0. The number of halogens is 7. The summed E-state index contributed by atoms with van der Waals surface area (Å²) >= 11 is 0. The number of nitrogens with zero attached hydrogens (tertiary/aromatic N) is 1. The Morgan fingerprint density at radius 3 is 2.15 bits per heavy atom. The lowest BCUT2D eigenvalue weighted by Crippen LogP contribution is -2.42. The lowest BCUT2D eigenvalue weighted by atomic mass is 9.95. The molecule has 1 atom stereocenters. The van der Waals surface area contributed by atoms with Crippen LogP contribution in [0.25, 0.3) is 22.0 Å². The number of hydrogen-bond donors (Lipinski definition) is 1. The standard InChI is InChI=1S/C27H29F7N2O2S/c1-25(2,3)15-36-14-20(24(27(32,33)34)35-39(37,38)16-8-4-5-9-16)19-12-22(28)18(13-23(19)36)17-10-6-7-11-21(17)26(29,30)31/h6-7,10-14,16,24,35H,4-5,8-9,15H2,1-3H3/t24-/m0/s1. The van der Waals surface area contributed by atoms with E-state index in [0.29, 0.717) is 12.8 Å². The predicted octanol–water partition coefficient (Wildman–Crippen LogP) is 7.98. The normalized spacial score (nSPS) is 16.8. The molecule has 3 aromatic rings. The van der Waals surface area contributed by atoms with Crippen molar-refractivity contribution in [1.82, 2.24) is 9.29 Å². The van der Waals surface area contributed by atoms with Crippen LogP contribution in [0.1, 0.15) is 63.6 Å². The third-order valence-electron chi connectivity index (χ3n) is 6.83. The fourth-order valence-electron chi connectivity index (χ4n) is 5.15. The monoisotopic (exact) mass is 578 g/mol. The number of alkyl halides is 6. The van der Waals surface area contributed by atoms with E-state index in [9.17, 15) is 34.8 Å².